The normalized spacial score (nSPS) is 11.6. The molecule has 2 aromatic heterocycles. The number of sulfone groups is 1. The highest BCUT2D eigenvalue weighted by Crippen LogP contribution is 2.18. The van der Waals surface area contributed by atoms with E-state index in [1.807, 2.05) is 0 Å². The lowest BCUT2D eigenvalue weighted by Crippen LogP contribution is -2.02. The minimum Gasteiger partial charge on any atom is -0.384 e. The summed E-state index contributed by atoms with van der Waals surface area (Å²) in [5.74, 6) is 0.415. The van der Waals surface area contributed by atoms with Gasteiger partial charge in [0.05, 0.1) is 0 Å². The van der Waals surface area contributed by atoms with Gasteiger partial charge in [-0.3, -0.25) is 0 Å². The topological polar surface area (TPSA) is 112 Å². The van der Waals surface area contributed by atoms with E-state index in [-0.39, 0.29) is 17.5 Å². The van der Waals surface area contributed by atoms with Crippen molar-refractivity contribution < 1.29 is 12.9 Å². The third-order valence-corrected chi connectivity index (χ3v) is 2.67. The maximum absolute atomic E-state index is 11.0. The van der Waals surface area contributed by atoms with Crippen LogP contribution in [0.2, 0.25) is 0 Å². The number of hydrogen-bond acceptors (Lipinski definition) is 7. The van der Waals surface area contributed by atoms with Gasteiger partial charge in [-0.2, -0.15) is 4.98 Å². The summed E-state index contributed by atoms with van der Waals surface area (Å²) in [4.78, 5) is 7.79. The summed E-state index contributed by atoms with van der Waals surface area (Å²) in [5, 5.41) is 3.58. The molecule has 0 fully saturated rings. The van der Waals surface area contributed by atoms with E-state index < -0.39 is 9.84 Å². The molecular weight excluding hydrogens is 244 g/mol. The van der Waals surface area contributed by atoms with Crippen molar-refractivity contribution in [2.45, 2.75) is 5.75 Å². The van der Waals surface area contributed by atoms with E-state index in [4.69, 9.17) is 10.3 Å². The Balaban J connectivity index is 2.30. The van der Waals surface area contributed by atoms with Gasteiger partial charge in [0.25, 0.3) is 5.89 Å². The van der Waals surface area contributed by atoms with Crippen molar-refractivity contribution in [1.82, 2.24) is 15.1 Å². The predicted molar refractivity (Wildman–Crippen MR) is 60.5 cm³/mol. The van der Waals surface area contributed by atoms with Gasteiger partial charge in [-0.1, -0.05) is 5.16 Å². The average Bonchev–Trinajstić information content (AvgIpc) is 2.63. The van der Waals surface area contributed by atoms with Crippen molar-refractivity contribution in [3.63, 3.8) is 0 Å². The van der Waals surface area contributed by atoms with Crippen molar-refractivity contribution in [2.24, 2.45) is 0 Å². The molecule has 0 aliphatic carbocycles. The van der Waals surface area contributed by atoms with Crippen LogP contribution in [0.5, 0.6) is 0 Å². The first kappa shape index (κ1) is 11.5. The maximum Gasteiger partial charge on any atom is 0.258 e. The molecule has 0 spiro atoms. The Morgan fingerprint density at radius 3 is 2.88 bits per heavy atom. The summed E-state index contributed by atoms with van der Waals surface area (Å²) < 4.78 is 27.0. The first-order valence-corrected chi connectivity index (χ1v) is 6.72. The fourth-order valence-corrected chi connectivity index (χ4v) is 1.83. The number of nitrogen functional groups attached to an aromatic ring is 1. The van der Waals surface area contributed by atoms with Gasteiger partial charge in [0.2, 0.25) is 0 Å². The van der Waals surface area contributed by atoms with E-state index in [0.717, 1.165) is 6.26 Å². The van der Waals surface area contributed by atoms with Crippen LogP contribution >= 0.6 is 0 Å². The van der Waals surface area contributed by atoms with E-state index in [1.165, 1.54) is 6.20 Å². The minimum atomic E-state index is -3.18. The summed E-state index contributed by atoms with van der Waals surface area (Å²) in [6.07, 6.45) is 2.61. The molecule has 0 radical (unpaired) electrons. The Labute approximate surface area is 97.6 Å². The number of nitrogens with zero attached hydrogens (tertiary/aromatic N) is 3. The monoisotopic (exact) mass is 254 g/mol. The zero-order chi connectivity index (χ0) is 12.5. The fraction of sp³-hybridized carbons (Fsp3) is 0.222. The van der Waals surface area contributed by atoms with Crippen molar-refractivity contribution in [2.75, 3.05) is 12.0 Å². The highest BCUT2D eigenvalue weighted by Gasteiger charge is 2.13. The molecule has 0 aromatic carbocycles. The Morgan fingerprint density at radius 2 is 2.24 bits per heavy atom. The highest BCUT2D eigenvalue weighted by molar-refractivity contribution is 7.89. The minimum absolute atomic E-state index is 0.123. The van der Waals surface area contributed by atoms with Crippen molar-refractivity contribution >= 4 is 15.7 Å². The van der Waals surface area contributed by atoms with Gasteiger partial charge in [0.15, 0.2) is 15.7 Å². The van der Waals surface area contributed by atoms with E-state index in [2.05, 4.69) is 15.1 Å². The molecule has 0 amide bonds. The lowest BCUT2D eigenvalue weighted by Gasteiger charge is -1.94. The fourth-order valence-electron chi connectivity index (χ4n) is 1.25. The summed E-state index contributed by atoms with van der Waals surface area (Å²) in [6, 6.07) is 3.21. The zero-order valence-corrected chi connectivity index (χ0v) is 9.81. The average molecular weight is 254 g/mol. The lowest BCUT2D eigenvalue weighted by atomic mass is 10.2. The first-order chi connectivity index (χ1) is 7.94. The molecular formula is C9H10N4O3S. The Kier molecular flexibility index (Phi) is 2.80. The highest BCUT2D eigenvalue weighted by atomic mass is 32.2. The lowest BCUT2D eigenvalue weighted by molar-refractivity contribution is 0.424. The molecule has 0 atom stereocenters. The third-order valence-electron chi connectivity index (χ3n) is 1.89. The van der Waals surface area contributed by atoms with Gasteiger partial charge in [0.1, 0.15) is 11.6 Å². The second-order valence-electron chi connectivity index (χ2n) is 3.56. The molecule has 0 aliphatic rings. The standard InChI is InChI=1S/C9H10N4O3S/c1-17(14,15)5-8-12-9(16-13-8)6-2-3-11-7(10)4-6/h2-4H,5H2,1H3,(H2,10,11). The van der Waals surface area contributed by atoms with Gasteiger partial charge < -0.3 is 10.3 Å². The molecule has 2 rings (SSSR count). The summed E-state index contributed by atoms with van der Waals surface area (Å²) in [7, 11) is -3.18. The van der Waals surface area contributed by atoms with Gasteiger partial charge in [0, 0.05) is 18.0 Å². The van der Waals surface area contributed by atoms with E-state index >= 15 is 0 Å². The molecule has 0 bridgehead atoms. The van der Waals surface area contributed by atoms with Crippen LogP contribution in [-0.4, -0.2) is 29.8 Å². The first-order valence-electron chi connectivity index (χ1n) is 4.66. The van der Waals surface area contributed by atoms with Gasteiger partial charge >= 0.3 is 0 Å². The van der Waals surface area contributed by atoms with Crippen LogP contribution < -0.4 is 5.73 Å². The Morgan fingerprint density at radius 1 is 1.47 bits per heavy atom. The maximum atomic E-state index is 11.0. The second kappa shape index (κ2) is 4.13. The largest absolute Gasteiger partial charge is 0.384 e. The van der Waals surface area contributed by atoms with E-state index in [9.17, 15) is 8.42 Å². The second-order valence-corrected chi connectivity index (χ2v) is 5.70. The summed E-state index contributed by atoms with van der Waals surface area (Å²) in [5.41, 5.74) is 6.11. The zero-order valence-electron chi connectivity index (χ0n) is 8.99. The molecule has 90 valence electrons. The molecule has 0 saturated carbocycles. The van der Waals surface area contributed by atoms with Gasteiger partial charge in [-0.05, 0) is 12.1 Å². The molecule has 0 saturated heterocycles. The molecule has 17 heavy (non-hydrogen) atoms. The molecule has 2 aromatic rings. The molecule has 2 N–H and O–H groups in total. The SMILES string of the molecule is CS(=O)(=O)Cc1noc(-c2ccnc(N)c2)n1. The summed E-state index contributed by atoms with van der Waals surface area (Å²) >= 11 is 0. The quantitative estimate of drug-likeness (QED) is 0.835. The number of nitrogens with two attached hydrogens (primary N) is 1. The van der Waals surface area contributed by atoms with Crippen molar-refractivity contribution in [1.29, 1.82) is 0 Å². The number of pyridine rings is 1. The summed E-state index contributed by atoms with van der Waals surface area (Å²) in [6.45, 7) is 0. The predicted octanol–water partition coefficient (Wildman–Crippen LogP) is 0.258. The van der Waals surface area contributed by atoms with Gasteiger partial charge in [-0.25, -0.2) is 13.4 Å². The van der Waals surface area contributed by atoms with Crippen LogP contribution in [0.25, 0.3) is 11.5 Å². The van der Waals surface area contributed by atoms with E-state index in [0.29, 0.717) is 11.4 Å². The molecule has 0 unspecified atom stereocenters. The van der Waals surface area contributed by atoms with Crippen LogP contribution in [0, 0.1) is 0 Å². The number of anilines is 1. The molecule has 0 aliphatic heterocycles. The van der Waals surface area contributed by atoms with Crippen LogP contribution in [0.4, 0.5) is 5.82 Å². The number of hydrogen-bond donors (Lipinski definition) is 1. The third kappa shape index (κ3) is 3.00. The van der Waals surface area contributed by atoms with Crippen LogP contribution in [-0.2, 0) is 15.6 Å². The Hall–Kier alpha value is -1.96. The van der Waals surface area contributed by atoms with Crippen molar-refractivity contribution in [3.05, 3.63) is 24.2 Å². The molecule has 7 nitrogen and oxygen atoms in total. The molecule has 2 heterocycles. The van der Waals surface area contributed by atoms with Crippen LogP contribution in [0.1, 0.15) is 5.82 Å². The van der Waals surface area contributed by atoms with Crippen LogP contribution in [0.15, 0.2) is 22.9 Å². The number of rotatable bonds is 3. The van der Waals surface area contributed by atoms with Crippen molar-refractivity contribution in [3.8, 4) is 11.5 Å². The Bertz CT molecular complexity index is 635. The van der Waals surface area contributed by atoms with E-state index in [1.54, 1.807) is 12.1 Å². The van der Waals surface area contributed by atoms with Crippen LogP contribution in [0.3, 0.4) is 0 Å². The number of aromatic nitrogens is 3. The van der Waals surface area contributed by atoms with Gasteiger partial charge in [-0.15, -0.1) is 0 Å². The molecule has 8 heteroatoms. The smallest absolute Gasteiger partial charge is 0.258 e.